The summed E-state index contributed by atoms with van der Waals surface area (Å²) in [7, 11) is 3.11. The zero-order chi connectivity index (χ0) is 28.3. The molecule has 0 bridgehead atoms. The third-order valence-corrected chi connectivity index (χ3v) is 8.56. The van der Waals surface area contributed by atoms with Crippen molar-refractivity contribution < 1.29 is 24.0 Å². The summed E-state index contributed by atoms with van der Waals surface area (Å²) >= 11 is 0. The van der Waals surface area contributed by atoms with E-state index in [0.717, 1.165) is 71.2 Å². The first-order valence-electron chi connectivity index (χ1n) is 15.1. The van der Waals surface area contributed by atoms with Crippen LogP contribution in [0.3, 0.4) is 0 Å². The normalized spacial score (nSPS) is 21.1. The maximum absolute atomic E-state index is 13.1. The van der Waals surface area contributed by atoms with Gasteiger partial charge in [0, 0.05) is 57.3 Å². The Morgan fingerprint density at radius 3 is 2.48 bits per heavy atom. The van der Waals surface area contributed by atoms with Gasteiger partial charge in [-0.2, -0.15) is 5.48 Å². The molecule has 0 aromatic heterocycles. The van der Waals surface area contributed by atoms with Crippen molar-refractivity contribution in [1.82, 2.24) is 20.6 Å². The van der Waals surface area contributed by atoms with E-state index in [1.54, 1.807) is 25.3 Å². The van der Waals surface area contributed by atoms with Crippen LogP contribution in [0.25, 0.3) is 0 Å². The number of nitrogens with zero attached hydrogens (tertiary/aromatic N) is 2. The van der Waals surface area contributed by atoms with E-state index in [4.69, 9.17) is 9.57 Å². The number of hydroxylamine groups is 1. The number of amides is 2. The lowest BCUT2D eigenvalue weighted by Crippen LogP contribution is -2.50. The molecule has 2 saturated heterocycles. The van der Waals surface area contributed by atoms with E-state index in [1.165, 1.54) is 26.3 Å². The van der Waals surface area contributed by atoms with Gasteiger partial charge in [-0.1, -0.05) is 19.3 Å². The van der Waals surface area contributed by atoms with Gasteiger partial charge in [-0.25, -0.2) is 0 Å². The summed E-state index contributed by atoms with van der Waals surface area (Å²) in [4.78, 5) is 47.0. The molecule has 3 N–H and O–H groups in total. The Hall–Kier alpha value is -2.85. The standard InChI is InChI=1S/C30H47N5O5/c1-31-40-28(36)12-15-32-26-19-24(10-11-27(26)39-2)29(37)33-25-9-6-16-34(21-25)20-22-13-17-35(18-14-22)30(38)23-7-4-3-5-8-23/h10-11,19,22-23,25,31-32H,3-9,12-18,20-21H2,1-2H3,(H,33,37)/t25-/m1/s1. The number of nitrogens with one attached hydrogen (secondary N) is 3. The highest BCUT2D eigenvalue weighted by molar-refractivity contribution is 5.95. The first kappa shape index (κ1) is 30.1. The molecule has 3 fully saturated rings. The Balaban J connectivity index is 1.23. The van der Waals surface area contributed by atoms with Gasteiger partial charge in [-0.15, -0.1) is 0 Å². The van der Waals surface area contributed by atoms with Crippen LogP contribution in [0.5, 0.6) is 5.75 Å². The van der Waals surface area contributed by atoms with E-state index < -0.39 is 0 Å². The predicted octanol–water partition coefficient (Wildman–Crippen LogP) is 3.19. The van der Waals surface area contributed by atoms with Crippen LogP contribution >= 0.6 is 0 Å². The van der Waals surface area contributed by atoms with E-state index in [-0.39, 0.29) is 30.3 Å². The smallest absolute Gasteiger partial charge is 0.326 e. The van der Waals surface area contributed by atoms with Crippen molar-refractivity contribution >= 4 is 23.5 Å². The molecular weight excluding hydrogens is 510 g/mol. The molecule has 3 aliphatic rings. The fraction of sp³-hybridized carbons (Fsp3) is 0.700. The average Bonchev–Trinajstić information content (AvgIpc) is 2.98. The summed E-state index contributed by atoms with van der Waals surface area (Å²) in [6, 6.07) is 5.39. The topological polar surface area (TPSA) is 112 Å². The molecule has 40 heavy (non-hydrogen) atoms. The highest BCUT2D eigenvalue weighted by atomic mass is 16.7. The van der Waals surface area contributed by atoms with Gasteiger partial charge in [-0.3, -0.25) is 14.4 Å². The van der Waals surface area contributed by atoms with Crippen molar-refractivity contribution in [3.63, 3.8) is 0 Å². The fourth-order valence-corrected chi connectivity index (χ4v) is 6.37. The van der Waals surface area contributed by atoms with Crippen molar-refractivity contribution in [2.24, 2.45) is 11.8 Å². The Morgan fingerprint density at radius 2 is 1.75 bits per heavy atom. The molecule has 4 rings (SSSR count). The molecule has 1 atom stereocenters. The number of anilines is 1. The predicted molar refractivity (Wildman–Crippen MR) is 154 cm³/mol. The summed E-state index contributed by atoms with van der Waals surface area (Å²) in [5.41, 5.74) is 3.58. The van der Waals surface area contributed by atoms with Gasteiger partial charge in [-0.05, 0) is 69.2 Å². The van der Waals surface area contributed by atoms with Gasteiger partial charge in [0.1, 0.15) is 5.75 Å². The molecule has 10 heteroatoms. The number of methoxy groups -OCH3 is 1. The van der Waals surface area contributed by atoms with Crippen molar-refractivity contribution in [2.45, 2.75) is 70.3 Å². The molecule has 2 amide bonds. The Labute approximate surface area is 238 Å². The average molecular weight is 558 g/mol. The van der Waals surface area contributed by atoms with Crippen LogP contribution in [0.2, 0.25) is 0 Å². The van der Waals surface area contributed by atoms with Crippen molar-refractivity contribution in [3.05, 3.63) is 23.8 Å². The Bertz CT molecular complexity index is 991. The number of ether oxygens (including phenoxy) is 1. The van der Waals surface area contributed by atoms with Crippen LogP contribution in [0.1, 0.15) is 74.6 Å². The van der Waals surface area contributed by atoms with Crippen LogP contribution in [0.15, 0.2) is 18.2 Å². The summed E-state index contributed by atoms with van der Waals surface area (Å²) < 4.78 is 5.42. The van der Waals surface area contributed by atoms with Crippen molar-refractivity contribution in [3.8, 4) is 5.75 Å². The summed E-state index contributed by atoms with van der Waals surface area (Å²) in [5.74, 6) is 1.38. The number of carbonyl (C=O) groups is 3. The van der Waals surface area contributed by atoms with Crippen molar-refractivity contribution in [2.75, 3.05) is 58.7 Å². The van der Waals surface area contributed by atoms with Crippen LogP contribution in [0, 0.1) is 11.8 Å². The SMILES string of the molecule is CNOC(=O)CCNc1cc(C(=O)N[C@@H]2CCCN(CC3CCN(C(=O)C4CCCCC4)CC3)C2)ccc1OC. The highest BCUT2D eigenvalue weighted by Crippen LogP contribution is 2.29. The molecule has 0 radical (unpaired) electrons. The number of likely N-dealkylation sites (tertiary alicyclic amines) is 2. The van der Waals surface area contributed by atoms with Crippen LogP contribution in [-0.2, 0) is 14.4 Å². The lowest BCUT2D eigenvalue weighted by molar-refractivity contribution is -0.149. The summed E-state index contributed by atoms with van der Waals surface area (Å²) in [5, 5.41) is 6.40. The monoisotopic (exact) mass is 557 g/mol. The molecule has 1 aromatic carbocycles. The molecule has 222 valence electrons. The largest absolute Gasteiger partial charge is 0.495 e. The number of piperidine rings is 2. The molecule has 1 aliphatic carbocycles. The lowest BCUT2D eigenvalue weighted by atomic mass is 9.87. The van der Waals surface area contributed by atoms with Crippen LogP contribution < -0.4 is 20.9 Å². The second-order valence-corrected chi connectivity index (χ2v) is 11.4. The van der Waals surface area contributed by atoms with Crippen LogP contribution in [0.4, 0.5) is 5.69 Å². The van der Waals surface area contributed by atoms with E-state index in [9.17, 15) is 14.4 Å². The van der Waals surface area contributed by atoms with E-state index >= 15 is 0 Å². The zero-order valence-corrected chi connectivity index (χ0v) is 24.2. The lowest BCUT2D eigenvalue weighted by Gasteiger charge is -2.39. The maximum atomic E-state index is 13.1. The van der Waals surface area contributed by atoms with Gasteiger partial charge in [0.15, 0.2) is 0 Å². The summed E-state index contributed by atoms with van der Waals surface area (Å²) in [6.45, 7) is 5.07. The van der Waals surface area contributed by atoms with Gasteiger partial charge in [0.05, 0.1) is 19.2 Å². The van der Waals surface area contributed by atoms with Gasteiger partial charge in [0.2, 0.25) is 5.91 Å². The first-order chi connectivity index (χ1) is 19.5. The Kier molecular flexibility index (Phi) is 11.5. The molecule has 1 aromatic rings. The minimum atomic E-state index is -0.372. The second-order valence-electron chi connectivity index (χ2n) is 11.4. The molecule has 2 aliphatic heterocycles. The number of carbonyl (C=O) groups excluding carboxylic acids is 3. The van der Waals surface area contributed by atoms with E-state index in [2.05, 4.69) is 25.9 Å². The third kappa shape index (κ3) is 8.57. The van der Waals surface area contributed by atoms with Gasteiger partial charge >= 0.3 is 5.97 Å². The van der Waals surface area contributed by atoms with E-state index in [0.29, 0.717) is 35.4 Å². The molecule has 0 unspecified atom stereocenters. The number of hydrogen-bond donors (Lipinski definition) is 3. The molecule has 2 heterocycles. The van der Waals surface area contributed by atoms with Gasteiger partial charge in [0.25, 0.3) is 5.91 Å². The minimum absolute atomic E-state index is 0.101. The minimum Gasteiger partial charge on any atom is -0.495 e. The Morgan fingerprint density at radius 1 is 0.975 bits per heavy atom. The molecular formula is C30H47N5O5. The number of hydrogen-bond acceptors (Lipinski definition) is 8. The molecule has 10 nitrogen and oxygen atoms in total. The zero-order valence-electron chi connectivity index (χ0n) is 24.2. The highest BCUT2D eigenvalue weighted by Gasteiger charge is 2.31. The molecule has 0 spiro atoms. The van der Waals surface area contributed by atoms with Gasteiger partial charge < -0.3 is 30.0 Å². The molecule has 1 saturated carbocycles. The van der Waals surface area contributed by atoms with Crippen molar-refractivity contribution in [1.29, 1.82) is 0 Å². The quantitative estimate of drug-likeness (QED) is 0.356. The van der Waals surface area contributed by atoms with E-state index in [1.807, 2.05) is 0 Å². The second kappa shape index (κ2) is 15.2. The number of benzene rings is 1. The first-order valence-corrected chi connectivity index (χ1v) is 15.1. The third-order valence-electron chi connectivity index (χ3n) is 8.56. The maximum Gasteiger partial charge on any atom is 0.326 e. The number of rotatable bonds is 11. The summed E-state index contributed by atoms with van der Waals surface area (Å²) in [6.07, 6.45) is 10.2. The van der Waals surface area contributed by atoms with Crippen LogP contribution in [-0.4, -0.2) is 87.1 Å². The fourth-order valence-electron chi connectivity index (χ4n) is 6.37.